The summed E-state index contributed by atoms with van der Waals surface area (Å²) in [6.07, 6.45) is 6.23. The minimum absolute atomic E-state index is 0.218. The van der Waals surface area contributed by atoms with Crippen molar-refractivity contribution in [2.24, 2.45) is 0 Å². The average molecular weight is 363 g/mol. The van der Waals surface area contributed by atoms with Crippen molar-refractivity contribution in [1.29, 1.82) is 0 Å². The molecule has 26 heavy (non-hydrogen) atoms. The zero-order valence-corrected chi connectivity index (χ0v) is 15.9. The molecule has 1 aliphatic heterocycles. The van der Waals surface area contributed by atoms with Crippen molar-refractivity contribution in [2.75, 3.05) is 52.5 Å². The van der Waals surface area contributed by atoms with Crippen LogP contribution in [0.2, 0.25) is 0 Å². The third kappa shape index (κ3) is 5.95. The summed E-state index contributed by atoms with van der Waals surface area (Å²) < 4.78 is 5.79. The first-order valence-corrected chi connectivity index (χ1v) is 10.2. The lowest BCUT2D eigenvalue weighted by atomic mass is 9.84. The molecule has 5 nitrogen and oxygen atoms in total. The van der Waals surface area contributed by atoms with Gasteiger partial charge in [0.25, 0.3) is 0 Å². The fourth-order valence-corrected chi connectivity index (χ4v) is 4.15. The number of rotatable bonds is 8. The summed E-state index contributed by atoms with van der Waals surface area (Å²) in [5.41, 5.74) is 1.43. The molecule has 1 aromatic rings. The van der Waals surface area contributed by atoms with Crippen LogP contribution in [0, 0.1) is 0 Å². The second kappa shape index (κ2) is 10.3. The van der Waals surface area contributed by atoms with Gasteiger partial charge in [-0.1, -0.05) is 31.4 Å². The summed E-state index contributed by atoms with van der Waals surface area (Å²) in [6, 6.07) is 8.48. The van der Waals surface area contributed by atoms with E-state index in [4.69, 9.17) is 9.84 Å². The van der Waals surface area contributed by atoms with Crippen LogP contribution in [-0.4, -0.2) is 78.6 Å². The summed E-state index contributed by atoms with van der Waals surface area (Å²) in [4.78, 5) is 4.53. The van der Waals surface area contributed by atoms with E-state index in [-0.39, 0.29) is 6.61 Å². The summed E-state index contributed by atoms with van der Waals surface area (Å²) >= 11 is 0. The molecule has 1 saturated carbocycles. The molecule has 2 N–H and O–H groups in total. The Balaban J connectivity index is 1.37. The van der Waals surface area contributed by atoms with Gasteiger partial charge >= 0.3 is 0 Å². The summed E-state index contributed by atoms with van der Waals surface area (Å²) in [5.74, 6) is 1.56. The molecule has 3 rings (SSSR count). The van der Waals surface area contributed by atoms with Gasteiger partial charge in [-0.3, -0.25) is 9.80 Å². The third-order valence-corrected chi connectivity index (χ3v) is 5.75. The molecule has 0 radical (unpaired) electrons. The molecular weight excluding hydrogens is 328 g/mol. The van der Waals surface area contributed by atoms with E-state index in [1.807, 2.05) is 12.1 Å². The lowest BCUT2D eigenvalue weighted by Crippen LogP contribution is -2.49. The van der Waals surface area contributed by atoms with Gasteiger partial charge in [0.15, 0.2) is 0 Å². The maximum Gasteiger partial charge on any atom is 0.119 e. The van der Waals surface area contributed by atoms with E-state index in [0.717, 1.165) is 38.5 Å². The molecule has 0 aromatic heterocycles. The van der Waals surface area contributed by atoms with Crippen LogP contribution in [0.4, 0.5) is 0 Å². The van der Waals surface area contributed by atoms with Gasteiger partial charge in [-0.2, -0.15) is 0 Å². The number of hydrogen-bond donors (Lipinski definition) is 2. The maximum absolute atomic E-state index is 10.3. The Labute approximate surface area is 157 Å². The van der Waals surface area contributed by atoms with E-state index in [1.54, 1.807) is 0 Å². The Hall–Kier alpha value is -1.14. The topological polar surface area (TPSA) is 56.2 Å². The highest BCUT2D eigenvalue weighted by Crippen LogP contribution is 2.33. The zero-order valence-electron chi connectivity index (χ0n) is 15.9. The number of piperazine rings is 1. The standard InChI is InChI=1S/C21H34N2O3/c24-15-14-22-10-12-23(13-11-22)16-20(25)17-26-21-8-6-19(7-9-21)18-4-2-1-3-5-18/h6-9,18,20,24-25H,1-5,10-17H2/t20-/m0/s1. The van der Waals surface area contributed by atoms with Crippen molar-refractivity contribution >= 4 is 0 Å². The summed E-state index contributed by atoms with van der Waals surface area (Å²) in [6.45, 7) is 5.73. The first-order valence-electron chi connectivity index (χ1n) is 10.2. The van der Waals surface area contributed by atoms with Crippen LogP contribution in [0.3, 0.4) is 0 Å². The van der Waals surface area contributed by atoms with Gasteiger partial charge in [-0.25, -0.2) is 0 Å². The number of β-amino-alcohol motifs (C(OH)–C–C–N with tert-alkyl or cyclic N) is 2. The Morgan fingerprint density at radius 3 is 2.27 bits per heavy atom. The first-order chi connectivity index (χ1) is 12.7. The number of aliphatic hydroxyl groups is 2. The molecule has 2 aliphatic rings. The van der Waals surface area contributed by atoms with Gasteiger partial charge in [-0.15, -0.1) is 0 Å². The summed E-state index contributed by atoms with van der Waals surface area (Å²) in [7, 11) is 0. The van der Waals surface area contributed by atoms with Crippen molar-refractivity contribution in [3.63, 3.8) is 0 Å². The highest BCUT2D eigenvalue weighted by atomic mass is 16.5. The predicted molar refractivity (Wildman–Crippen MR) is 104 cm³/mol. The fourth-order valence-electron chi connectivity index (χ4n) is 4.15. The molecule has 2 fully saturated rings. The smallest absolute Gasteiger partial charge is 0.119 e. The van der Waals surface area contributed by atoms with E-state index in [2.05, 4.69) is 21.9 Å². The second-order valence-corrected chi connectivity index (χ2v) is 7.73. The number of nitrogens with zero attached hydrogens (tertiary/aromatic N) is 2. The second-order valence-electron chi connectivity index (χ2n) is 7.73. The fraction of sp³-hybridized carbons (Fsp3) is 0.714. The lowest BCUT2D eigenvalue weighted by Gasteiger charge is -2.35. The van der Waals surface area contributed by atoms with Crippen molar-refractivity contribution < 1.29 is 14.9 Å². The Kier molecular flexibility index (Phi) is 7.74. The van der Waals surface area contributed by atoms with E-state index in [0.29, 0.717) is 19.1 Å². The van der Waals surface area contributed by atoms with Crippen molar-refractivity contribution in [1.82, 2.24) is 9.80 Å². The number of benzene rings is 1. The normalized spacial score (nSPS) is 21.6. The highest BCUT2D eigenvalue weighted by Gasteiger charge is 2.19. The quantitative estimate of drug-likeness (QED) is 0.742. The minimum Gasteiger partial charge on any atom is -0.491 e. The number of aliphatic hydroxyl groups excluding tert-OH is 2. The number of ether oxygens (including phenoxy) is 1. The van der Waals surface area contributed by atoms with Crippen LogP contribution < -0.4 is 4.74 Å². The zero-order chi connectivity index (χ0) is 18.2. The summed E-state index contributed by atoms with van der Waals surface area (Å²) in [5, 5.41) is 19.3. The molecule has 1 saturated heterocycles. The molecule has 0 unspecified atom stereocenters. The average Bonchev–Trinajstić information content (AvgIpc) is 2.69. The third-order valence-electron chi connectivity index (χ3n) is 5.75. The molecule has 146 valence electrons. The predicted octanol–water partition coefficient (Wildman–Crippen LogP) is 2.08. The van der Waals surface area contributed by atoms with E-state index in [9.17, 15) is 5.11 Å². The van der Waals surface area contributed by atoms with Gasteiger partial charge in [0.05, 0.1) is 6.61 Å². The Morgan fingerprint density at radius 2 is 1.62 bits per heavy atom. The molecule has 5 heteroatoms. The van der Waals surface area contributed by atoms with Crippen LogP contribution in [0.1, 0.15) is 43.6 Å². The molecular formula is C21H34N2O3. The van der Waals surface area contributed by atoms with Crippen LogP contribution in [0.15, 0.2) is 24.3 Å². The van der Waals surface area contributed by atoms with Gasteiger partial charge in [0, 0.05) is 39.3 Å². The van der Waals surface area contributed by atoms with E-state index < -0.39 is 6.10 Å². The molecule has 0 spiro atoms. The van der Waals surface area contributed by atoms with Crippen molar-refractivity contribution in [3.05, 3.63) is 29.8 Å². The number of hydrogen-bond acceptors (Lipinski definition) is 5. The van der Waals surface area contributed by atoms with Crippen LogP contribution in [0.5, 0.6) is 5.75 Å². The largest absolute Gasteiger partial charge is 0.491 e. The molecule has 1 aromatic carbocycles. The van der Waals surface area contributed by atoms with E-state index >= 15 is 0 Å². The molecule has 1 aliphatic carbocycles. The van der Waals surface area contributed by atoms with Gasteiger partial charge < -0.3 is 14.9 Å². The highest BCUT2D eigenvalue weighted by molar-refractivity contribution is 5.29. The minimum atomic E-state index is -0.475. The SMILES string of the molecule is OCCN1CCN(C[C@H](O)COc2ccc(C3CCCCC3)cc2)CC1. The van der Waals surface area contributed by atoms with Crippen molar-refractivity contribution in [2.45, 2.75) is 44.1 Å². The molecule has 1 heterocycles. The Morgan fingerprint density at radius 1 is 0.962 bits per heavy atom. The van der Waals surface area contributed by atoms with Crippen LogP contribution in [-0.2, 0) is 0 Å². The maximum atomic E-state index is 10.3. The van der Waals surface area contributed by atoms with Gasteiger partial charge in [-0.05, 0) is 36.5 Å². The van der Waals surface area contributed by atoms with Crippen LogP contribution >= 0.6 is 0 Å². The molecule has 1 atom stereocenters. The molecule has 0 amide bonds. The monoisotopic (exact) mass is 362 g/mol. The van der Waals surface area contributed by atoms with Crippen molar-refractivity contribution in [3.8, 4) is 5.75 Å². The van der Waals surface area contributed by atoms with Gasteiger partial charge in [0.1, 0.15) is 18.5 Å². The first kappa shape index (κ1) is 19.6. The van der Waals surface area contributed by atoms with Crippen LogP contribution in [0.25, 0.3) is 0 Å². The van der Waals surface area contributed by atoms with Gasteiger partial charge in [0.2, 0.25) is 0 Å². The van der Waals surface area contributed by atoms with E-state index in [1.165, 1.54) is 37.7 Å². The Bertz CT molecular complexity index is 508. The molecule has 0 bridgehead atoms. The lowest BCUT2D eigenvalue weighted by molar-refractivity contribution is 0.0428.